The molecular formula is C18H10Cl2N8S. The largest absolute Gasteiger partial charge is 0.270 e. The summed E-state index contributed by atoms with van der Waals surface area (Å²) in [7, 11) is 0. The lowest BCUT2D eigenvalue weighted by Crippen LogP contribution is -2.01. The molecule has 0 spiro atoms. The summed E-state index contributed by atoms with van der Waals surface area (Å²) in [6.07, 6.45) is 0. The van der Waals surface area contributed by atoms with E-state index in [1.54, 1.807) is 18.2 Å². The van der Waals surface area contributed by atoms with Crippen molar-refractivity contribution in [2.24, 2.45) is 0 Å². The van der Waals surface area contributed by atoms with Gasteiger partial charge in [-0.2, -0.15) is 0 Å². The van der Waals surface area contributed by atoms with Gasteiger partial charge in [-0.25, -0.2) is 0 Å². The Morgan fingerprint density at radius 2 is 1.72 bits per heavy atom. The lowest BCUT2D eigenvalue weighted by atomic mass is 10.2. The summed E-state index contributed by atoms with van der Waals surface area (Å²) in [5.41, 5.74) is 2.18. The Hall–Kier alpha value is -3.01. The van der Waals surface area contributed by atoms with Crippen molar-refractivity contribution in [3.8, 4) is 17.1 Å². The molecule has 0 saturated heterocycles. The number of hydrogen-bond acceptors (Lipinski definition) is 7. The van der Waals surface area contributed by atoms with Crippen molar-refractivity contribution in [3.05, 3.63) is 70.7 Å². The molecule has 0 unspecified atom stereocenters. The minimum atomic E-state index is 0.492. The Morgan fingerprint density at radius 1 is 0.862 bits per heavy atom. The van der Waals surface area contributed by atoms with Crippen LogP contribution in [0.5, 0.6) is 0 Å². The maximum atomic E-state index is 6.44. The van der Waals surface area contributed by atoms with Crippen molar-refractivity contribution in [2.45, 2.75) is 10.2 Å². The predicted octanol–water partition coefficient (Wildman–Crippen LogP) is 4.23. The monoisotopic (exact) mass is 440 g/mol. The average Bonchev–Trinajstić information content (AvgIpc) is 3.35. The zero-order valence-corrected chi connectivity index (χ0v) is 16.8. The van der Waals surface area contributed by atoms with Crippen molar-refractivity contribution in [1.82, 2.24) is 40.0 Å². The zero-order chi connectivity index (χ0) is 19.8. The number of tetrazole rings is 1. The fraction of sp³-hybridized carbons (Fsp3) is 0. The van der Waals surface area contributed by atoms with Crippen molar-refractivity contribution in [2.75, 3.05) is 0 Å². The van der Waals surface area contributed by atoms with Gasteiger partial charge >= 0.3 is 0 Å². The second-order valence-corrected chi connectivity index (χ2v) is 7.73. The van der Waals surface area contributed by atoms with E-state index in [0.717, 1.165) is 11.3 Å². The van der Waals surface area contributed by atoms with Gasteiger partial charge in [0.1, 0.15) is 5.03 Å². The van der Waals surface area contributed by atoms with Gasteiger partial charge in [-0.1, -0.05) is 41.4 Å². The second-order valence-electron chi connectivity index (χ2n) is 5.90. The minimum absolute atomic E-state index is 0.492. The Kier molecular flexibility index (Phi) is 4.62. The van der Waals surface area contributed by atoms with Gasteiger partial charge in [0.05, 0.1) is 5.02 Å². The van der Waals surface area contributed by atoms with Crippen molar-refractivity contribution in [1.29, 1.82) is 0 Å². The number of hydrogen-bond donors (Lipinski definition) is 0. The smallest absolute Gasteiger partial charge is 0.202 e. The first-order valence-corrected chi connectivity index (χ1v) is 9.96. The first-order chi connectivity index (χ1) is 14.2. The molecule has 0 aliphatic heterocycles. The molecule has 142 valence electrons. The summed E-state index contributed by atoms with van der Waals surface area (Å²) in [4.78, 5) is 0. The summed E-state index contributed by atoms with van der Waals surface area (Å²) in [6, 6.07) is 18.7. The van der Waals surface area contributed by atoms with E-state index in [-0.39, 0.29) is 0 Å². The number of aromatic nitrogens is 8. The van der Waals surface area contributed by atoms with E-state index in [1.807, 2.05) is 47.0 Å². The molecular weight excluding hydrogens is 431 g/mol. The summed E-state index contributed by atoms with van der Waals surface area (Å²) >= 11 is 13.8. The Balaban J connectivity index is 1.64. The lowest BCUT2D eigenvalue weighted by molar-refractivity contribution is 0.701. The number of rotatable bonds is 4. The Labute approximate surface area is 178 Å². The molecule has 3 aromatic heterocycles. The van der Waals surface area contributed by atoms with Gasteiger partial charge in [-0.05, 0) is 64.7 Å². The molecule has 0 N–H and O–H groups in total. The Morgan fingerprint density at radius 3 is 2.55 bits per heavy atom. The molecule has 2 aromatic carbocycles. The van der Waals surface area contributed by atoms with E-state index in [0.29, 0.717) is 31.7 Å². The van der Waals surface area contributed by atoms with E-state index in [2.05, 4.69) is 30.8 Å². The molecule has 0 fully saturated rings. The summed E-state index contributed by atoms with van der Waals surface area (Å²) in [6.45, 7) is 0. The van der Waals surface area contributed by atoms with Gasteiger partial charge in [-0.15, -0.1) is 25.0 Å². The number of benzene rings is 2. The SMILES string of the molecule is Clc1ccc(-c2nnc(Sc3ccc4nnnn4n3)n2-c2ccccc2)c(Cl)c1. The van der Waals surface area contributed by atoms with Gasteiger partial charge in [0, 0.05) is 16.3 Å². The first-order valence-electron chi connectivity index (χ1n) is 8.38. The highest BCUT2D eigenvalue weighted by atomic mass is 35.5. The van der Waals surface area contributed by atoms with Crippen LogP contribution in [0.1, 0.15) is 0 Å². The molecule has 0 bridgehead atoms. The molecule has 0 atom stereocenters. The van der Waals surface area contributed by atoms with Crippen LogP contribution in [-0.2, 0) is 0 Å². The molecule has 0 aliphatic rings. The van der Waals surface area contributed by atoms with Gasteiger partial charge in [0.25, 0.3) is 0 Å². The molecule has 0 radical (unpaired) electrons. The molecule has 0 amide bonds. The van der Waals surface area contributed by atoms with Crippen LogP contribution in [-0.4, -0.2) is 40.0 Å². The van der Waals surface area contributed by atoms with E-state index in [4.69, 9.17) is 23.2 Å². The first kappa shape index (κ1) is 18.0. The van der Waals surface area contributed by atoms with E-state index >= 15 is 0 Å². The van der Waals surface area contributed by atoms with Crippen LogP contribution in [0, 0.1) is 0 Å². The normalized spacial score (nSPS) is 11.2. The highest BCUT2D eigenvalue weighted by Crippen LogP contribution is 2.35. The van der Waals surface area contributed by atoms with Gasteiger partial charge in [0.2, 0.25) is 5.16 Å². The standard InChI is InChI=1S/C18H10Cl2N8S/c19-11-6-7-13(14(20)10-11)17-22-23-18(27(17)12-4-2-1-3-5-12)29-16-9-8-15-21-25-26-28(15)24-16/h1-10H. The zero-order valence-electron chi connectivity index (χ0n) is 14.5. The number of para-hydroxylation sites is 1. The summed E-state index contributed by atoms with van der Waals surface area (Å²) in [5, 5.41) is 26.8. The minimum Gasteiger partial charge on any atom is -0.270 e. The van der Waals surface area contributed by atoms with Crippen LogP contribution in [0.4, 0.5) is 0 Å². The van der Waals surface area contributed by atoms with Crippen molar-refractivity contribution >= 4 is 40.6 Å². The molecule has 8 nitrogen and oxygen atoms in total. The van der Waals surface area contributed by atoms with E-state index in [9.17, 15) is 0 Å². The predicted molar refractivity (Wildman–Crippen MR) is 110 cm³/mol. The van der Waals surface area contributed by atoms with Crippen LogP contribution in [0.25, 0.3) is 22.7 Å². The van der Waals surface area contributed by atoms with Crippen LogP contribution in [0.3, 0.4) is 0 Å². The highest BCUT2D eigenvalue weighted by Gasteiger charge is 2.19. The third kappa shape index (κ3) is 3.44. The number of fused-ring (bicyclic) bond motifs is 1. The average molecular weight is 441 g/mol. The molecule has 29 heavy (non-hydrogen) atoms. The molecule has 11 heteroatoms. The maximum Gasteiger partial charge on any atom is 0.202 e. The number of nitrogens with zero attached hydrogens (tertiary/aromatic N) is 8. The quantitative estimate of drug-likeness (QED) is 0.413. The topological polar surface area (TPSA) is 86.7 Å². The fourth-order valence-electron chi connectivity index (χ4n) is 2.77. The molecule has 3 heterocycles. The van der Waals surface area contributed by atoms with E-state index in [1.165, 1.54) is 16.4 Å². The third-order valence-corrected chi connectivity index (χ3v) is 5.48. The molecule has 5 aromatic rings. The second kappa shape index (κ2) is 7.43. The fourth-order valence-corrected chi connectivity index (χ4v) is 4.07. The van der Waals surface area contributed by atoms with Crippen LogP contribution < -0.4 is 0 Å². The third-order valence-electron chi connectivity index (χ3n) is 4.06. The summed E-state index contributed by atoms with van der Waals surface area (Å²) < 4.78 is 3.29. The van der Waals surface area contributed by atoms with Crippen molar-refractivity contribution < 1.29 is 0 Å². The number of halogens is 2. The van der Waals surface area contributed by atoms with Gasteiger partial charge in [-0.3, -0.25) is 4.57 Å². The van der Waals surface area contributed by atoms with Gasteiger partial charge in [0.15, 0.2) is 11.5 Å². The van der Waals surface area contributed by atoms with Crippen molar-refractivity contribution in [3.63, 3.8) is 0 Å². The maximum absolute atomic E-state index is 6.44. The highest BCUT2D eigenvalue weighted by molar-refractivity contribution is 7.99. The van der Waals surface area contributed by atoms with Gasteiger partial charge < -0.3 is 0 Å². The van der Waals surface area contributed by atoms with E-state index < -0.39 is 0 Å². The van der Waals surface area contributed by atoms with Crippen LogP contribution >= 0.6 is 35.0 Å². The summed E-state index contributed by atoms with van der Waals surface area (Å²) in [5.74, 6) is 0.601. The Bertz CT molecular complexity index is 1320. The molecule has 0 saturated carbocycles. The van der Waals surface area contributed by atoms with Crippen LogP contribution in [0.2, 0.25) is 10.0 Å². The molecule has 0 aliphatic carbocycles. The van der Waals surface area contributed by atoms with Crippen LogP contribution in [0.15, 0.2) is 70.8 Å². The lowest BCUT2D eigenvalue weighted by Gasteiger charge is -2.11. The molecule has 5 rings (SSSR count).